The van der Waals surface area contributed by atoms with Crippen LogP contribution in [-0.2, 0) is 9.53 Å². The van der Waals surface area contributed by atoms with Crippen molar-refractivity contribution in [3.8, 4) is 0 Å². The average molecular weight is 199 g/mol. The van der Waals surface area contributed by atoms with E-state index < -0.39 is 5.97 Å². The summed E-state index contributed by atoms with van der Waals surface area (Å²) in [6.07, 6.45) is 2.58. The van der Waals surface area contributed by atoms with Gasteiger partial charge in [0.05, 0.1) is 19.6 Å². The molecule has 0 unspecified atom stereocenters. The fourth-order valence-corrected chi connectivity index (χ4v) is 2.69. The Labute approximate surface area is 83.8 Å². The lowest BCUT2D eigenvalue weighted by Gasteiger charge is -2.40. The van der Waals surface area contributed by atoms with E-state index in [1.807, 2.05) is 0 Å². The van der Waals surface area contributed by atoms with Gasteiger partial charge in [0.1, 0.15) is 0 Å². The summed E-state index contributed by atoms with van der Waals surface area (Å²) in [7, 11) is 2.13. The lowest BCUT2D eigenvalue weighted by atomic mass is 9.74. The summed E-state index contributed by atoms with van der Waals surface area (Å²) in [5, 5.41) is 8.44. The van der Waals surface area contributed by atoms with Crippen molar-refractivity contribution in [2.45, 2.75) is 24.8 Å². The number of fused-ring (bicyclic) bond motifs is 1. The predicted molar refractivity (Wildman–Crippen MR) is 51.2 cm³/mol. The summed E-state index contributed by atoms with van der Waals surface area (Å²) in [6.45, 7) is 2.23. The first-order valence-electron chi connectivity index (χ1n) is 5.13. The Balaban J connectivity index is 1.68. The molecular weight excluding hydrogens is 182 g/mol. The van der Waals surface area contributed by atoms with Crippen molar-refractivity contribution in [1.82, 2.24) is 4.90 Å². The molecular formula is C10H17NO3. The van der Waals surface area contributed by atoms with Gasteiger partial charge in [-0.15, -0.1) is 0 Å². The summed E-state index contributed by atoms with van der Waals surface area (Å²) in [5.41, 5.74) is 0.253. The van der Waals surface area contributed by atoms with Gasteiger partial charge in [0.25, 0.3) is 0 Å². The number of aliphatic carboxylic acids is 1. The summed E-state index contributed by atoms with van der Waals surface area (Å²) < 4.78 is 5.42. The number of rotatable bonds is 5. The minimum Gasteiger partial charge on any atom is -0.481 e. The van der Waals surface area contributed by atoms with E-state index in [0.29, 0.717) is 13.2 Å². The highest BCUT2D eigenvalue weighted by Crippen LogP contribution is 2.49. The molecule has 0 atom stereocenters. The molecule has 0 spiro atoms. The molecule has 4 heteroatoms. The minimum atomic E-state index is -0.784. The molecule has 2 aliphatic heterocycles. The average Bonchev–Trinajstić information content (AvgIpc) is 2.50. The van der Waals surface area contributed by atoms with Crippen molar-refractivity contribution >= 4 is 5.97 Å². The normalized spacial score (nSPS) is 35.6. The van der Waals surface area contributed by atoms with E-state index in [0.717, 1.165) is 5.92 Å². The van der Waals surface area contributed by atoms with Crippen LogP contribution in [0.15, 0.2) is 0 Å². The third-order valence-electron chi connectivity index (χ3n) is 3.51. The molecule has 1 saturated carbocycles. The summed E-state index contributed by atoms with van der Waals surface area (Å²) in [4.78, 5) is 12.6. The molecule has 3 aliphatic rings. The Morgan fingerprint density at radius 1 is 1.64 bits per heavy atom. The van der Waals surface area contributed by atoms with Crippen LogP contribution < -0.4 is 0 Å². The molecule has 0 aromatic heterocycles. The zero-order valence-corrected chi connectivity index (χ0v) is 8.53. The second-order valence-electron chi connectivity index (χ2n) is 4.58. The van der Waals surface area contributed by atoms with E-state index in [4.69, 9.17) is 9.84 Å². The van der Waals surface area contributed by atoms with Crippen molar-refractivity contribution in [3.05, 3.63) is 0 Å². The van der Waals surface area contributed by atoms with Gasteiger partial charge in [-0.3, -0.25) is 9.69 Å². The largest absolute Gasteiger partial charge is 0.481 e. The molecule has 1 aliphatic carbocycles. The van der Waals surface area contributed by atoms with Gasteiger partial charge >= 0.3 is 5.97 Å². The molecule has 2 saturated heterocycles. The molecule has 0 radical (unpaired) electrons. The molecule has 80 valence electrons. The number of hydrogen-bond donors (Lipinski definition) is 1. The fourth-order valence-electron chi connectivity index (χ4n) is 2.69. The second-order valence-corrected chi connectivity index (χ2v) is 4.58. The summed E-state index contributed by atoms with van der Waals surface area (Å²) in [5.74, 6) is 0.0804. The third kappa shape index (κ3) is 1.64. The first kappa shape index (κ1) is 9.93. The smallest absolute Gasteiger partial charge is 0.305 e. The number of carboxylic acids is 1. The van der Waals surface area contributed by atoms with Crippen molar-refractivity contribution in [2.24, 2.45) is 5.92 Å². The molecule has 14 heavy (non-hydrogen) atoms. The molecule has 4 nitrogen and oxygen atoms in total. The standard InChI is InChI=1S/C10H17NO3/c1-11-6-8-4-10(11,5-8)7-14-3-2-9(12)13/h8H,2-7H2,1H3,(H,12,13). The van der Waals surface area contributed by atoms with Crippen molar-refractivity contribution < 1.29 is 14.6 Å². The number of carbonyl (C=O) groups is 1. The molecule has 1 N–H and O–H groups in total. The van der Waals surface area contributed by atoms with E-state index in [-0.39, 0.29) is 12.0 Å². The first-order valence-corrected chi connectivity index (χ1v) is 5.13. The number of hydrogen-bond acceptors (Lipinski definition) is 3. The lowest BCUT2D eigenvalue weighted by molar-refractivity contribution is -0.138. The lowest BCUT2D eigenvalue weighted by Crippen LogP contribution is -2.48. The predicted octanol–water partition coefficient (Wildman–Crippen LogP) is 0.572. The van der Waals surface area contributed by atoms with E-state index in [1.165, 1.54) is 19.4 Å². The zero-order valence-electron chi connectivity index (χ0n) is 8.53. The van der Waals surface area contributed by atoms with Gasteiger partial charge in [0.2, 0.25) is 0 Å². The maximum absolute atomic E-state index is 10.3. The van der Waals surface area contributed by atoms with Crippen LogP contribution in [0.3, 0.4) is 0 Å². The van der Waals surface area contributed by atoms with E-state index in [9.17, 15) is 4.79 Å². The number of carboxylic acid groups (broad SMARTS) is 1. The highest BCUT2D eigenvalue weighted by Gasteiger charge is 2.54. The highest BCUT2D eigenvalue weighted by molar-refractivity contribution is 5.66. The molecule has 2 heterocycles. The van der Waals surface area contributed by atoms with Crippen molar-refractivity contribution in [2.75, 3.05) is 26.8 Å². The van der Waals surface area contributed by atoms with Crippen LogP contribution >= 0.6 is 0 Å². The minimum absolute atomic E-state index is 0.114. The zero-order chi connectivity index (χ0) is 10.2. The van der Waals surface area contributed by atoms with Crippen LogP contribution in [0.4, 0.5) is 0 Å². The fraction of sp³-hybridized carbons (Fsp3) is 0.900. The second kappa shape index (κ2) is 3.51. The summed E-state index contributed by atoms with van der Waals surface area (Å²) >= 11 is 0. The van der Waals surface area contributed by atoms with Gasteiger partial charge in [-0.25, -0.2) is 0 Å². The quantitative estimate of drug-likeness (QED) is 0.658. The van der Waals surface area contributed by atoms with Crippen LogP contribution in [-0.4, -0.2) is 48.3 Å². The molecule has 0 amide bonds. The van der Waals surface area contributed by atoms with Crippen molar-refractivity contribution in [1.29, 1.82) is 0 Å². The first-order chi connectivity index (χ1) is 6.62. The van der Waals surface area contributed by atoms with Gasteiger partial charge < -0.3 is 9.84 Å². The molecule has 0 aromatic rings. The SMILES string of the molecule is CN1CC2CC1(COCCC(=O)O)C2. The van der Waals surface area contributed by atoms with Crippen LogP contribution in [0.1, 0.15) is 19.3 Å². The van der Waals surface area contributed by atoms with Gasteiger partial charge in [-0.2, -0.15) is 0 Å². The number of ether oxygens (including phenoxy) is 1. The maximum Gasteiger partial charge on any atom is 0.305 e. The van der Waals surface area contributed by atoms with Gasteiger partial charge in [0, 0.05) is 12.1 Å². The highest BCUT2D eigenvalue weighted by atomic mass is 16.5. The van der Waals surface area contributed by atoms with Crippen LogP contribution in [0.2, 0.25) is 0 Å². The van der Waals surface area contributed by atoms with Gasteiger partial charge in [-0.05, 0) is 25.8 Å². The molecule has 2 bridgehead atoms. The summed E-state index contributed by atoms with van der Waals surface area (Å²) in [6, 6.07) is 0. The van der Waals surface area contributed by atoms with Gasteiger partial charge in [-0.1, -0.05) is 0 Å². The van der Waals surface area contributed by atoms with Gasteiger partial charge in [0.15, 0.2) is 0 Å². The van der Waals surface area contributed by atoms with Crippen LogP contribution in [0.25, 0.3) is 0 Å². The van der Waals surface area contributed by atoms with Crippen LogP contribution in [0.5, 0.6) is 0 Å². The maximum atomic E-state index is 10.3. The molecule has 3 rings (SSSR count). The number of nitrogens with zero attached hydrogens (tertiary/aromatic N) is 1. The Morgan fingerprint density at radius 2 is 2.36 bits per heavy atom. The Hall–Kier alpha value is -0.610. The number of likely N-dealkylation sites (N-methyl/N-ethyl adjacent to an activating group) is 1. The van der Waals surface area contributed by atoms with E-state index in [2.05, 4.69) is 11.9 Å². The molecule has 0 aromatic carbocycles. The Kier molecular flexibility index (Phi) is 2.49. The third-order valence-corrected chi connectivity index (χ3v) is 3.51. The Morgan fingerprint density at radius 3 is 2.86 bits per heavy atom. The van der Waals surface area contributed by atoms with E-state index in [1.54, 1.807) is 0 Å². The molecule has 3 fully saturated rings. The van der Waals surface area contributed by atoms with Crippen LogP contribution in [0, 0.1) is 5.92 Å². The van der Waals surface area contributed by atoms with E-state index >= 15 is 0 Å². The van der Waals surface area contributed by atoms with Crippen molar-refractivity contribution in [3.63, 3.8) is 0 Å². The monoisotopic (exact) mass is 199 g/mol. The topological polar surface area (TPSA) is 49.8 Å². The Bertz CT molecular complexity index is 236.